The summed E-state index contributed by atoms with van der Waals surface area (Å²) < 4.78 is 42.8. The molecule has 0 aliphatic carbocycles. The Morgan fingerprint density at radius 2 is 2.18 bits per heavy atom. The molecule has 6 heteroatoms. The van der Waals surface area contributed by atoms with E-state index in [1.54, 1.807) is 6.92 Å². The number of alkyl halides is 2. The molecule has 0 aliphatic rings. The van der Waals surface area contributed by atoms with Gasteiger partial charge in [-0.3, -0.25) is 4.79 Å². The van der Waals surface area contributed by atoms with Gasteiger partial charge in [-0.1, -0.05) is 0 Å². The van der Waals surface area contributed by atoms with Crippen molar-refractivity contribution in [3.63, 3.8) is 0 Å². The van der Waals surface area contributed by atoms with Crippen molar-refractivity contribution in [2.45, 2.75) is 26.7 Å². The normalized spacial score (nSPS) is 10.7. The SMILES string of the molecule is CCOC(=O)Cc1cc(C)c(C(F)F)c(F)n1. The van der Waals surface area contributed by atoms with E-state index in [-0.39, 0.29) is 24.3 Å². The number of aryl methyl sites for hydroxylation is 1. The minimum Gasteiger partial charge on any atom is -0.466 e. The van der Waals surface area contributed by atoms with Crippen LogP contribution in [0.25, 0.3) is 0 Å². The van der Waals surface area contributed by atoms with Crippen LogP contribution < -0.4 is 0 Å². The van der Waals surface area contributed by atoms with Crippen molar-refractivity contribution in [1.29, 1.82) is 0 Å². The van der Waals surface area contributed by atoms with Crippen LogP contribution in [0.1, 0.15) is 30.2 Å². The van der Waals surface area contributed by atoms with Crippen LogP contribution in [-0.4, -0.2) is 17.6 Å². The second-order valence-corrected chi connectivity index (χ2v) is 3.42. The molecule has 1 aromatic rings. The van der Waals surface area contributed by atoms with Crippen LogP contribution in [0, 0.1) is 12.9 Å². The van der Waals surface area contributed by atoms with Gasteiger partial charge in [0, 0.05) is 0 Å². The molecule has 0 bridgehead atoms. The van der Waals surface area contributed by atoms with Crippen molar-refractivity contribution in [1.82, 2.24) is 4.98 Å². The molecule has 0 aromatic carbocycles. The van der Waals surface area contributed by atoms with Crippen LogP contribution in [0.3, 0.4) is 0 Å². The zero-order valence-electron chi connectivity index (χ0n) is 9.47. The average Bonchev–Trinajstić information content (AvgIpc) is 2.15. The van der Waals surface area contributed by atoms with Crippen LogP contribution >= 0.6 is 0 Å². The summed E-state index contributed by atoms with van der Waals surface area (Å²) in [6.45, 7) is 3.19. The molecule has 1 rings (SSSR count). The Bertz CT molecular complexity index is 398. The fourth-order valence-corrected chi connectivity index (χ4v) is 1.42. The Hall–Kier alpha value is -1.59. The lowest BCUT2D eigenvalue weighted by Crippen LogP contribution is -2.11. The fraction of sp³-hybridized carbons (Fsp3) is 0.455. The van der Waals surface area contributed by atoms with Crippen molar-refractivity contribution in [2.24, 2.45) is 0 Å². The molecule has 0 amide bonds. The summed E-state index contributed by atoms with van der Waals surface area (Å²) in [5.41, 5.74) is -0.563. The highest BCUT2D eigenvalue weighted by Gasteiger charge is 2.19. The van der Waals surface area contributed by atoms with Crippen molar-refractivity contribution in [2.75, 3.05) is 6.61 Å². The van der Waals surface area contributed by atoms with E-state index in [1.807, 2.05) is 0 Å². The van der Waals surface area contributed by atoms with E-state index in [9.17, 15) is 18.0 Å². The van der Waals surface area contributed by atoms with Gasteiger partial charge in [0.2, 0.25) is 5.95 Å². The molecule has 17 heavy (non-hydrogen) atoms. The minimum absolute atomic E-state index is 0.0757. The second-order valence-electron chi connectivity index (χ2n) is 3.42. The van der Waals surface area contributed by atoms with Gasteiger partial charge >= 0.3 is 5.97 Å². The highest BCUT2D eigenvalue weighted by Crippen LogP contribution is 2.25. The molecule has 0 unspecified atom stereocenters. The predicted molar refractivity (Wildman–Crippen MR) is 54.2 cm³/mol. The van der Waals surface area contributed by atoms with E-state index in [0.29, 0.717) is 0 Å². The van der Waals surface area contributed by atoms with Gasteiger partial charge in [-0.15, -0.1) is 0 Å². The number of carbonyl (C=O) groups is 1. The zero-order chi connectivity index (χ0) is 13.0. The van der Waals surface area contributed by atoms with Gasteiger partial charge in [-0.25, -0.2) is 13.8 Å². The van der Waals surface area contributed by atoms with Gasteiger partial charge in [0.25, 0.3) is 6.43 Å². The summed E-state index contributed by atoms with van der Waals surface area (Å²) in [6, 6.07) is 1.27. The molecule has 94 valence electrons. The van der Waals surface area contributed by atoms with Gasteiger partial charge < -0.3 is 4.74 Å². The molecular formula is C11H12F3NO2. The van der Waals surface area contributed by atoms with E-state index < -0.39 is 23.9 Å². The number of halogens is 3. The molecular weight excluding hydrogens is 235 g/mol. The molecule has 1 heterocycles. The summed E-state index contributed by atoms with van der Waals surface area (Å²) in [5.74, 6) is -1.80. The Morgan fingerprint density at radius 3 is 2.65 bits per heavy atom. The first kappa shape index (κ1) is 13.5. The predicted octanol–water partition coefficient (Wildman–Crippen LogP) is 2.57. The van der Waals surface area contributed by atoms with Crippen LogP contribution in [0.15, 0.2) is 6.07 Å². The number of carbonyl (C=O) groups excluding carboxylic acids is 1. The number of hydrogen-bond acceptors (Lipinski definition) is 3. The smallest absolute Gasteiger partial charge is 0.311 e. The highest BCUT2D eigenvalue weighted by molar-refractivity contribution is 5.72. The molecule has 0 saturated heterocycles. The average molecular weight is 247 g/mol. The number of rotatable bonds is 4. The number of pyridine rings is 1. The molecule has 0 spiro atoms. The maximum absolute atomic E-state index is 13.3. The van der Waals surface area contributed by atoms with Gasteiger partial charge in [0.05, 0.1) is 24.3 Å². The highest BCUT2D eigenvalue weighted by atomic mass is 19.3. The van der Waals surface area contributed by atoms with E-state index in [1.165, 1.54) is 13.0 Å². The lowest BCUT2D eigenvalue weighted by atomic mass is 10.1. The third-order valence-corrected chi connectivity index (χ3v) is 2.12. The van der Waals surface area contributed by atoms with Crippen molar-refractivity contribution >= 4 is 5.97 Å². The summed E-state index contributed by atoms with van der Waals surface area (Å²) in [7, 11) is 0. The molecule has 0 radical (unpaired) electrons. The topological polar surface area (TPSA) is 39.2 Å². The summed E-state index contributed by atoms with van der Waals surface area (Å²) in [5, 5.41) is 0. The molecule has 0 aliphatic heterocycles. The summed E-state index contributed by atoms with van der Waals surface area (Å²) >= 11 is 0. The first-order chi connectivity index (χ1) is 7.95. The first-order valence-electron chi connectivity index (χ1n) is 5.05. The molecule has 3 nitrogen and oxygen atoms in total. The standard InChI is InChI=1S/C11H12F3NO2/c1-3-17-8(16)5-7-4-6(2)9(10(12)13)11(14)15-7/h4,10H,3,5H2,1-2H3. The Kier molecular flexibility index (Phi) is 4.48. The van der Waals surface area contributed by atoms with Crippen LogP contribution in [0.4, 0.5) is 13.2 Å². The van der Waals surface area contributed by atoms with Gasteiger partial charge in [-0.05, 0) is 25.5 Å². The largest absolute Gasteiger partial charge is 0.466 e. The van der Waals surface area contributed by atoms with Crippen molar-refractivity contribution in [3.8, 4) is 0 Å². The minimum atomic E-state index is -2.92. The van der Waals surface area contributed by atoms with Gasteiger partial charge in [-0.2, -0.15) is 4.39 Å². The number of esters is 1. The monoisotopic (exact) mass is 247 g/mol. The fourth-order valence-electron chi connectivity index (χ4n) is 1.42. The molecule has 0 fully saturated rings. The second kappa shape index (κ2) is 5.65. The van der Waals surface area contributed by atoms with Crippen LogP contribution in [0.5, 0.6) is 0 Å². The third-order valence-electron chi connectivity index (χ3n) is 2.12. The number of nitrogens with zero attached hydrogens (tertiary/aromatic N) is 1. The molecule has 0 atom stereocenters. The van der Waals surface area contributed by atoms with Gasteiger partial charge in [0.1, 0.15) is 0 Å². The summed E-state index contributed by atoms with van der Waals surface area (Å²) in [4.78, 5) is 14.5. The quantitative estimate of drug-likeness (QED) is 0.606. The Labute approximate surface area is 96.6 Å². The Morgan fingerprint density at radius 1 is 1.53 bits per heavy atom. The number of ether oxygens (including phenoxy) is 1. The van der Waals surface area contributed by atoms with E-state index in [4.69, 9.17) is 0 Å². The first-order valence-corrected chi connectivity index (χ1v) is 5.05. The van der Waals surface area contributed by atoms with Gasteiger partial charge in [0.15, 0.2) is 0 Å². The third kappa shape index (κ3) is 3.44. The van der Waals surface area contributed by atoms with Crippen molar-refractivity contribution in [3.05, 3.63) is 28.8 Å². The van der Waals surface area contributed by atoms with E-state index in [0.717, 1.165) is 0 Å². The lowest BCUT2D eigenvalue weighted by molar-refractivity contribution is -0.142. The maximum Gasteiger partial charge on any atom is 0.311 e. The summed E-state index contributed by atoms with van der Waals surface area (Å²) in [6.07, 6.45) is -3.14. The number of hydrogen-bond donors (Lipinski definition) is 0. The molecule has 0 N–H and O–H groups in total. The zero-order valence-corrected chi connectivity index (χ0v) is 9.47. The van der Waals surface area contributed by atoms with E-state index in [2.05, 4.69) is 9.72 Å². The van der Waals surface area contributed by atoms with E-state index >= 15 is 0 Å². The number of aromatic nitrogens is 1. The van der Waals surface area contributed by atoms with Crippen molar-refractivity contribution < 1.29 is 22.7 Å². The van der Waals surface area contributed by atoms with Crippen LogP contribution in [-0.2, 0) is 16.0 Å². The van der Waals surface area contributed by atoms with Crippen LogP contribution in [0.2, 0.25) is 0 Å². The molecule has 1 aromatic heterocycles. The molecule has 0 saturated carbocycles. The maximum atomic E-state index is 13.3. The Balaban J connectivity index is 2.94. The lowest BCUT2D eigenvalue weighted by Gasteiger charge is -2.08.